The van der Waals surface area contributed by atoms with Gasteiger partial charge in [0.1, 0.15) is 0 Å². The number of anilines is 1. The van der Waals surface area contributed by atoms with Gasteiger partial charge in [0, 0.05) is 23.3 Å². The van der Waals surface area contributed by atoms with E-state index < -0.39 is 16.3 Å². The van der Waals surface area contributed by atoms with Crippen LogP contribution in [0.4, 0.5) is 11.5 Å². The molecular weight excluding hydrogens is 342 g/mol. The Hall–Kier alpha value is -1.70. The van der Waals surface area contributed by atoms with Gasteiger partial charge in [0.15, 0.2) is 0 Å². The van der Waals surface area contributed by atoms with Crippen molar-refractivity contribution in [1.29, 1.82) is 0 Å². The summed E-state index contributed by atoms with van der Waals surface area (Å²) in [7, 11) is 0. The molecule has 1 aliphatic rings. The molecule has 0 spiro atoms. The molecule has 1 aliphatic carbocycles. The summed E-state index contributed by atoms with van der Waals surface area (Å²) >= 11 is 3.14. The van der Waals surface area contributed by atoms with E-state index >= 15 is 0 Å². The molecule has 2 rings (SSSR count). The minimum absolute atomic E-state index is 0.106. The highest BCUT2D eigenvalue weighted by Gasteiger charge is 2.39. The maximum absolute atomic E-state index is 11.6. The molecule has 0 radical (unpaired) electrons. The first-order chi connectivity index (χ1) is 9.94. The molecule has 114 valence electrons. The highest BCUT2D eigenvalue weighted by atomic mass is 79.9. The second-order valence-corrected chi connectivity index (χ2v) is 6.19. The second kappa shape index (κ2) is 6.38. The number of nitro groups is 1. The Morgan fingerprint density at radius 1 is 1.48 bits per heavy atom. The smallest absolute Gasteiger partial charge is 0.312 e. The minimum atomic E-state index is -0.860. The van der Waals surface area contributed by atoms with Crippen LogP contribution in [0.5, 0.6) is 0 Å². The van der Waals surface area contributed by atoms with Crippen LogP contribution in [0.2, 0.25) is 0 Å². The van der Waals surface area contributed by atoms with Gasteiger partial charge in [0.05, 0.1) is 10.3 Å². The van der Waals surface area contributed by atoms with Gasteiger partial charge in [0.25, 0.3) is 0 Å². The van der Waals surface area contributed by atoms with E-state index in [1.54, 1.807) is 0 Å². The van der Waals surface area contributed by atoms with Crippen molar-refractivity contribution in [3.63, 3.8) is 0 Å². The van der Waals surface area contributed by atoms with Gasteiger partial charge in [-0.1, -0.05) is 19.3 Å². The Morgan fingerprint density at radius 3 is 2.71 bits per heavy atom. The molecule has 1 saturated carbocycles. The van der Waals surface area contributed by atoms with Crippen LogP contribution in [-0.2, 0) is 4.79 Å². The average molecular weight is 358 g/mol. The molecule has 0 atom stereocenters. The largest absolute Gasteiger partial charge is 0.481 e. The van der Waals surface area contributed by atoms with Crippen LogP contribution >= 0.6 is 15.9 Å². The van der Waals surface area contributed by atoms with Crippen LogP contribution in [0.25, 0.3) is 0 Å². The zero-order valence-corrected chi connectivity index (χ0v) is 12.9. The number of aliphatic carboxylic acids is 1. The van der Waals surface area contributed by atoms with Crippen molar-refractivity contribution in [3.8, 4) is 0 Å². The van der Waals surface area contributed by atoms with Crippen LogP contribution in [0.1, 0.15) is 32.1 Å². The molecule has 0 aliphatic heterocycles. The summed E-state index contributed by atoms with van der Waals surface area (Å²) in [5, 5.41) is 23.4. The molecule has 2 N–H and O–H groups in total. The van der Waals surface area contributed by atoms with Gasteiger partial charge in [-0.25, -0.2) is 4.98 Å². The summed E-state index contributed by atoms with van der Waals surface area (Å²) in [5.74, 6) is -0.746. The Morgan fingerprint density at radius 2 is 2.14 bits per heavy atom. The zero-order chi connectivity index (χ0) is 15.5. The lowest BCUT2D eigenvalue weighted by Crippen LogP contribution is -2.39. The molecule has 1 aromatic heterocycles. The number of pyridine rings is 1. The number of nitrogens with zero attached hydrogens (tertiary/aromatic N) is 2. The standard InChI is InChI=1S/C13H16BrN3O4/c14-9-6-10(17(20)21)11(15-7-9)16-8-13(12(18)19)4-2-1-3-5-13/h6-7H,1-5,8H2,(H,15,16)(H,18,19). The fourth-order valence-corrected chi connectivity index (χ4v) is 2.97. The molecule has 8 heteroatoms. The van der Waals surface area contributed by atoms with E-state index in [-0.39, 0.29) is 18.1 Å². The van der Waals surface area contributed by atoms with Crippen LogP contribution in [-0.4, -0.2) is 27.5 Å². The molecule has 0 saturated heterocycles. The molecule has 0 amide bonds. The first-order valence-corrected chi connectivity index (χ1v) is 7.51. The Balaban J connectivity index is 2.18. The molecule has 7 nitrogen and oxygen atoms in total. The van der Waals surface area contributed by atoms with E-state index in [2.05, 4.69) is 26.2 Å². The molecule has 0 bridgehead atoms. The van der Waals surface area contributed by atoms with E-state index in [4.69, 9.17) is 0 Å². The predicted octanol–water partition coefficient (Wildman–Crippen LogP) is 3.20. The second-order valence-electron chi connectivity index (χ2n) is 5.28. The number of hydrogen-bond donors (Lipinski definition) is 2. The summed E-state index contributed by atoms with van der Waals surface area (Å²) in [5.41, 5.74) is -1.03. The summed E-state index contributed by atoms with van der Waals surface area (Å²) in [4.78, 5) is 26.0. The molecule has 1 heterocycles. The summed E-state index contributed by atoms with van der Waals surface area (Å²) in [6.45, 7) is 0.151. The molecule has 1 fully saturated rings. The van der Waals surface area contributed by atoms with Crippen molar-refractivity contribution >= 4 is 33.4 Å². The number of carboxylic acid groups (broad SMARTS) is 1. The first-order valence-electron chi connectivity index (χ1n) is 6.72. The Bertz CT molecular complexity index is 558. The fraction of sp³-hybridized carbons (Fsp3) is 0.538. The number of carbonyl (C=O) groups is 1. The topological polar surface area (TPSA) is 105 Å². The fourth-order valence-electron chi connectivity index (χ4n) is 2.65. The number of carboxylic acids is 1. The molecule has 0 aromatic carbocycles. The number of rotatable bonds is 5. The first kappa shape index (κ1) is 15.7. The van der Waals surface area contributed by atoms with Gasteiger partial charge in [-0.05, 0) is 28.8 Å². The Kier molecular flexibility index (Phi) is 4.76. The highest BCUT2D eigenvalue weighted by molar-refractivity contribution is 9.10. The van der Waals surface area contributed by atoms with Crippen molar-refractivity contribution in [1.82, 2.24) is 4.98 Å². The summed E-state index contributed by atoms with van der Waals surface area (Å²) < 4.78 is 0.505. The van der Waals surface area contributed by atoms with E-state index in [0.29, 0.717) is 17.3 Å². The number of halogens is 1. The number of aromatic nitrogens is 1. The van der Waals surface area contributed by atoms with Crippen molar-refractivity contribution in [2.45, 2.75) is 32.1 Å². The van der Waals surface area contributed by atoms with Gasteiger partial charge in [0.2, 0.25) is 5.82 Å². The molecule has 0 unspecified atom stereocenters. The van der Waals surface area contributed by atoms with Crippen LogP contribution in [0, 0.1) is 15.5 Å². The van der Waals surface area contributed by atoms with Crippen molar-refractivity contribution < 1.29 is 14.8 Å². The monoisotopic (exact) mass is 357 g/mol. The Labute approximate surface area is 130 Å². The average Bonchev–Trinajstić information content (AvgIpc) is 2.46. The molecular formula is C13H16BrN3O4. The van der Waals surface area contributed by atoms with E-state index in [1.807, 2.05) is 0 Å². The van der Waals surface area contributed by atoms with Crippen LogP contribution in [0.3, 0.4) is 0 Å². The molecule has 1 aromatic rings. The van der Waals surface area contributed by atoms with Crippen LogP contribution < -0.4 is 5.32 Å². The van der Waals surface area contributed by atoms with Gasteiger partial charge in [-0.2, -0.15) is 0 Å². The summed E-state index contributed by atoms with van der Waals surface area (Å²) in [6, 6.07) is 1.35. The lowest BCUT2D eigenvalue weighted by Gasteiger charge is -2.33. The van der Waals surface area contributed by atoms with Crippen molar-refractivity contribution in [3.05, 3.63) is 26.9 Å². The van der Waals surface area contributed by atoms with Gasteiger partial charge in [-0.15, -0.1) is 0 Å². The predicted molar refractivity (Wildman–Crippen MR) is 80.2 cm³/mol. The van der Waals surface area contributed by atoms with E-state index in [9.17, 15) is 20.0 Å². The lowest BCUT2D eigenvalue weighted by molar-refractivity contribution is -0.384. The van der Waals surface area contributed by atoms with Gasteiger partial charge in [-0.3, -0.25) is 14.9 Å². The van der Waals surface area contributed by atoms with Crippen molar-refractivity contribution in [2.75, 3.05) is 11.9 Å². The van der Waals surface area contributed by atoms with Crippen LogP contribution in [0.15, 0.2) is 16.7 Å². The van der Waals surface area contributed by atoms with E-state index in [1.165, 1.54) is 12.3 Å². The quantitative estimate of drug-likeness (QED) is 0.619. The van der Waals surface area contributed by atoms with Gasteiger partial charge < -0.3 is 10.4 Å². The number of hydrogen-bond acceptors (Lipinski definition) is 5. The van der Waals surface area contributed by atoms with E-state index in [0.717, 1.165) is 19.3 Å². The lowest BCUT2D eigenvalue weighted by atomic mass is 9.74. The maximum Gasteiger partial charge on any atom is 0.312 e. The maximum atomic E-state index is 11.6. The third kappa shape index (κ3) is 3.49. The normalized spacial score (nSPS) is 17.2. The molecule has 21 heavy (non-hydrogen) atoms. The minimum Gasteiger partial charge on any atom is -0.481 e. The number of nitrogens with one attached hydrogen (secondary N) is 1. The highest BCUT2D eigenvalue weighted by Crippen LogP contribution is 2.37. The van der Waals surface area contributed by atoms with Crippen molar-refractivity contribution in [2.24, 2.45) is 5.41 Å². The summed E-state index contributed by atoms with van der Waals surface area (Å²) in [6.07, 6.45) is 5.38. The van der Waals surface area contributed by atoms with Gasteiger partial charge >= 0.3 is 11.7 Å². The third-order valence-corrected chi connectivity index (χ3v) is 4.32. The SMILES string of the molecule is O=C(O)C1(CNc2ncc(Br)cc2[N+](=O)[O-])CCCCC1. The third-order valence-electron chi connectivity index (χ3n) is 3.89. The zero-order valence-electron chi connectivity index (χ0n) is 11.3.